The van der Waals surface area contributed by atoms with Gasteiger partial charge < -0.3 is 16.5 Å². The second-order valence-corrected chi connectivity index (χ2v) is 7.59. The van der Waals surface area contributed by atoms with E-state index in [0.29, 0.717) is 17.0 Å². The van der Waals surface area contributed by atoms with Gasteiger partial charge in [0, 0.05) is 37.5 Å². The minimum Gasteiger partial charge on any atom is -0.382 e. The zero-order chi connectivity index (χ0) is 21.6. The van der Waals surface area contributed by atoms with Crippen LogP contribution in [0.4, 0.5) is 0 Å². The van der Waals surface area contributed by atoms with Crippen molar-refractivity contribution >= 4 is 12.1 Å². The van der Waals surface area contributed by atoms with Crippen LogP contribution in [0.1, 0.15) is 46.2 Å². The largest absolute Gasteiger partial charge is 0.382 e. The monoisotopic (exact) mass is 417 g/mol. The van der Waals surface area contributed by atoms with Crippen LogP contribution < -0.4 is 16.5 Å². The second-order valence-electron chi connectivity index (χ2n) is 7.59. The van der Waals surface area contributed by atoms with Crippen molar-refractivity contribution in [1.82, 2.24) is 25.5 Å². The molecule has 160 valence electrons. The van der Waals surface area contributed by atoms with Crippen molar-refractivity contribution in [2.45, 2.75) is 25.3 Å². The summed E-state index contributed by atoms with van der Waals surface area (Å²) in [5, 5.41) is 12.3. The smallest absolute Gasteiger partial charge is 0.168 e. The number of amidine groups is 1. The Morgan fingerprint density at radius 3 is 2.81 bits per heavy atom. The standard InChI is InChI=1S/C23H27N7O/c1-25-28-23(24)21-20(15-31)30(19-8-5-11-26-14-19)29-22(21)17-9-10-18(27-13-17)12-16-6-3-2-4-7-16/h2-4,6-7,9-10,13,15,19,25-26H,5,8,11-12,14H2,1H3,(H2,24,28). The van der Waals surface area contributed by atoms with Crippen LogP contribution in [0.2, 0.25) is 0 Å². The van der Waals surface area contributed by atoms with Crippen molar-refractivity contribution in [2.24, 2.45) is 10.8 Å². The average Bonchev–Trinajstić information content (AvgIpc) is 3.21. The number of aromatic nitrogens is 3. The molecule has 4 rings (SSSR count). The van der Waals surface area contributed by atoms with E-state index in [1.54, 1.807) is 17.9 Å². The maximum Gasteiger partial charge on any atom is 0.168 e. The lowest BCUT2D eigenvalue weighted by Gasteiger charge is -2.24. The molecule has 1 atom stereocenters. The third kappa shape index (κ3) is 4.49. The summed E-state index contributed by atoms with van der Waals surface area (Å²) in [5.41, 5.74) is 13.5. The Kier molecular flexibility index (Phi) is 6.37. The molecule has 1 aliphatic heterocycles. The lowest BCUT2D eigenvalue weighted by Crippen LogP contribution is -2.33. The molecule has 2 aromatic heterocycles. The molecule has 8 nitrogen and oxygen atoms in total. The summed E-state index contributed by atoms with van der Waals surface area (Å²) in [6, 6.07) is 14.3. The Bertz CT molecular complexity index is 1050. The fraction of sp³-hybridized carbons (Fsp3) is 0.304. The van der Waals surface area contributed by atoms with Gasteiger partial charge in [-0.2, -0.15) is 10.2 Å². The van der Waals surface area contributed by atoms with Crippen molar-refractivity contribution in [2.75, 3.05) is 20.1 Å². The van der Waals surface area contributed by atoms with Crippen molar-refractivity contribution in [3.63, 3.8) is 0 Å². The molecule has 3 aromatic rings. The lowest BCUT2D eigenvalue weighted by molar-refractivity contribution is 0.111. The van der Waals surface area contributed by atoms with Crippen LogP contribution in [0, 0.1) is 0 Å². The number of rotatable bonds is 7. The molecule has 4 N–H and O–H groups in total. The highest BCUT2D eigenvalue weighted by atomic mass is 16.1. The first-order valence-corrected chi connectivity index (χ1v) is 10.5. The van der Waals surface area contributed by atoms with Crippen LogP contribution >= 0.6 is 0 Å². The van der Waals surface area contributed by atoms with E-state index >= 15 is 0 Å². The normalized spacial score (nSPS) is 16.8. The van der Waals surface area contributed by atoms with Crippen LogP contribution in [0.15, 0.2) is 53.8 Å². The zero-order valence-electron chi connectivity index (χ0n) is 17.6. The fourth-order valence-electron chi connectivity index (χ4n) is 3.99. The Balaban J connectivity index is 1.73. The summed E-state index contributed by atoms with van der Waals surface area (Å²) in [5.74, 6) is 0.225. The molecular weight excluding hydrogens is 390 g/mol. The number of piperidine rings is 1. The number of carbonyl (C=O) groups excluding carboxylic acids is 1. The van der Waals surface area contributed by atoms with Gasteiger partial charge in [0.05, 0.1) is 11.6 Å². The van der Waals surface area contributed by atoms with E-state index in [0.717, 1.165) is 49.9 Å². The zero-order valence-corrected chi connectivity index (χ0v) is 17.6. The van der Waals surface area contributed by atoms with E-state index in [4.69, 9.17) is 10.8 Å². The Morgan fingerprint density at radius 2 is 2.16 bits per heavy atom. The number of aldehydes is 1. The highest BCUT2D eigenvalue weighted by Crippen LogP contribution is 2.28. The van der Waals surface area contributed by atoms with Gasteiger partial charge >= 0.3 is 0 Å². The van der Waals surface area contributed by atoms with E-state index in [9.17, 15) is 4.79 Å². The van der Waals surface area contributed by atoms with Crippen LogP contribution in [-0.2, 0) is 6.42 Å². The van der Waals surface area contributed by atoms with E-state index in [1.165, 1.54) is 5.56 Å². The first-order chi connectivity index (χ1) is 15.2. The highest BCUT2D eigenvalue weighted by molar-refractivity contribution is 6.07. The SMILES string of the molecule is CN/N=C(/N)c1c(-c2ccc(Cc3ccccc3)nc2)nn(C2CCCNC2)c1C=O. The highest BCUT2D eigenvalue weighted by Gasteiger charge is 2.27. The van der Waals surface area contributed by atoms with E-state index in [1.807, 2.05) is 30.3 Å². The van der Waals surface area contributed by atoms with Gasteiger partial charge in [0.1, 0.15) is 11.4 Å². The Morgan fingerprint density at radius 1 is 1.32 bits per heavy atom. The number of nitrogens with zero attached hydrogens (tertiary/aromatic N) is 4. The van der Waals surface area contributed by atoms with Gasteiger partial charge in [-0.25, -0.2) is 0 Å². The van der Waals surface area contributed by atoms with Gasteiger partial charge in [-0.15, -0.1) is 0 Å². The van der Waals surface area contributed by atoms with Crippen LogP contribution in [0.5, 0.6) is 0 Å². The third-order valence-corrected chi connectivity index (χ3v) is 5.49. The Labute approximate surface area is 181 Å². The summed E-state index contributed by atoms with van der Waals surface area (Å²) >= 11 is 0. The summed E-state index contributed by atoms with van der Waals surface area (Å²) < 4.78 is 1.79. The number of nitrogens with two attached hydrogens (primary N) is 1. The predicted octanol–water partition coefficient (Wildman–Crippen LogP) is 2.11. The molecule has 0 bridgehead atoms. The van der Waals surface area contributed by atoms with Gasteiger partial charge in [0.25, 0.3) is 0 Å². The Hall–Kier alpha value is -3.52. The van der Waals surface area contributed by atoms with Gasteiger partial charge in [0.15, 0.2) is 12.1 Å². The fourth-order valence-corrected chi connectivity index (χ4v) is 3.99. The van der Waals surface area contributed by atoms with Gasteiger partial charge in [0.2, 0.25) is 0 Å². The first-order valence-electron chi connectivity index (χ1n) is 10.5. The summed E-state index contributed by atoms with van der Waals surface area (Å²) in [7, 11) is 1.67. The van der Waals surface area contributed by atoms with Crippen LogP contribution in [0.25, 0.3) is 11.3 Å². The maximum absolute atomic E-state index is 12.1. The number of pyridine rings is 1. The quantitative estimate of drug-likeness (QED) is 0.235. The molecule has 1 aromatic carbocycles. The molecule has 1 unspecified atom stereocenters. The average molecular weight is 418 g/mol. The van der Waals surface area contributed by atoms with Crippen molar-refractivity contribution in [3.8, 4) is 11.3 Å². The number of benzene rings is 1. The number of hydrogen-bond donors (Lipinski definition) is 3. The minimum absolute atomic E-state index is 0.0918. The maximum atomic E-state index is 12.1. The molecule has 8 heteroatoms. The number of carbonyl (C=O) groups is 1. The molecule has 0 aliphatic carbocycles. The molecule has 0 amide bonds. The first kappa shape index (κ1) is 20.7. The van der Waals surface area contributed by atoms with Gasteiger partial charge in [-0.1, -0.05) is 30.3 Å². The lowest BCUT2D eigenvalue weighted by atomic mass is 10.0. The molecular formula is C23H27N7O. The van der Waals surface area contributed by atoms with Gasteiger partial charge in [-0.3, -0.25) is 14.5 Å². The number of hydrogen-bond acceptors (Lipinski definition) is 6. The third-order valence-electron chi connectivity index (χ3n) is 5.49. The summed E-state index contributed by atoms with van der Waals surface area (Å²) in [6.07, 6.45) is 5.33. The van der Waals surface area contributed by atoms with Crippen molar-refractivity contribution in [3.05, 3.63) is 71.2 Å². The molecule has 31 heavy (non-hydrogen) atoms. The van der Waals surface area contributed by atoms with E-state index in [-0.39, 0.29) is 11.9 Å². The minimum atomic E-state index is 0.0918. The second kappa shape index (κ2) is 9.53. The predicted molar refractivity (Wildman–Crippen MR) is 121 cm³/mol. The molecule has 1 fully saturated rings. The molecule has 3 heterocycles. The molecule has 0 saturated carbocycles. The van der Waals surface area contributed by atoms with Gasteiger partial charge in [-0.05, 0) is 37.1 Å². The molecule has 0 spiro atoms. The van der Waals surface area contributed by atoms with Crippen LogP contribution in [-0.4, -0.2) is 47.0 Å². The molecule has 1 aliphatic rings. The molecule has 0 radical (unpaired) electrons. The van der Waals surface area contributed by atoms with Crippen molar-refractivity contribution in [1.29, 1.82) is 0 Å². The topological polar surface area (TPSA) is 110 Å². The number of hydrazone groups is 1. The summed E-state index contributed by atoms with van der Waals surface area (Å²) in [4.78, 5) is 16.7. The summed E-state index contributed by atoms with van der Waals surface area (Å²) in [6.45, 7) is 1.74. The number of nitrogens with one attached hydrogen (secondary N) is 2. The van der Waals surface area contributed by atoms with E-state index < -0.39 is 0 Å². The van der Waals surface area contributed by atoms with Crippen molar-refractivity contribution < 1.29 is 4.79 Å². The van der Waals surface area contributed by atoms with E-state index in [2.05, 4.69) is 33.0 Å². The van der Waals surface area contributed by atoms with Crippen LogP contribution in [0.3, 0.4) is 0 Å². The molecule has 1 saturated heterocycles.